The number of ether oxygens (including phenoxy) is 3. The van der Waals surface area contributed by atoms with Crippen LogP contribution in [0.5, 0.6) is 17.2 Å². The van der Waals surface area contributed by atoms with Crippen molar-refractivity contribution in [2.75, 3.05) is 21.3 Å². The summed E-state index contributed by atoms with van der Waals surface area (Å²) in [6.07, 6.45) is 0. The molecule has 1 aromatic heterocycles. The van der Waals surface area contributed by atoms with Crippen molar-refractivity contribution in [3.8, 4) is 51.2 Å². The third kappa shape index (κ3) is 4.81. The molecule has 36 heavy (non-hydrogen) atoms. The van der Waals surface area contributed by atoms with Gasteiger partial charge < -0.3 is 19.2 Å². The fourth-order valence-electron chi connectivity index (χ4n) is 4.04. The van der Waals surface area contributed by atoms with E-state index in [-0.39, 0.29) is 0 Å². The molecule has 0 amide bonds. The van der Waals surface area contributed by atoms with Gasteiger partial charge in [-0.15, -0.1) is 0 Å². The summed E-state index contributed by atoms with van der Waals surface area (Å²) in [5.41, 5.74) is 4.66. The number of aromatic amines is 1. The number of aromatic nitrogens is 2. The first-order valence-corrected chi connectivity index (χ1v) is 12.3. The number of imidazole rings is 1. The standard InChI is InChI=1S/C30H26N2O3S/c1-33-25-19-27(35-3)26(34-2)18-24(25)30-31-28(20-10-6-4-7-11-20)29(32-30)21-14-16-23(17-15-21)36-22-12-8-5-9-13-22/h4-19H,1-3H3,(H,31,32). The molecule has 0 bridgehead atoms. The highest BCUT2D eigenvalue weighted by Gasteiger charge is 2.20. The second-order valence-corrected chi connectivity index (χ2v) is 9.17. The number of benzene rings is 4. The average Bonchev–Trinajstić information content (AvgIpc) is 3.39. The van der Waals surface area contributed by atoms with Crippen molar-refractivity contribution in [2.24, 2.45) is 0 Å². The van der Waals surface area contributed by atoms with E-state index in [4.69, 9.17) is 19.2 Å². The van der Waals surface area contributed by atoms with Crippen molar-refractivity contribution in [3.63, 3.8) is 0 Å². The molecule has 0 spiro atoms. The Kier molecular flexibility index (Phi) is 6.96. The van der Waals surface area contributed by atoms with E-state index < -0.39 is 0 Å². The normalized spacial score (nSPS) is 10.8. The molecule has 0 atom stereocenters. The Hall–Kier alpha value is -4.16. The summed E-state index contributed by atoms with van der Waals surface area (Å²) in [6.45, 7) is 0. The maximum atomic E-state index is 5.68. The van der Waals surface area contributed by atoms with E-state index in [0.29, 0.717) is 23.1 Å². The molecule has 5 rings (SSSR count). The Morgan fingerprint density at radius 3 is 1.83 bits per heavy atom. The number of hydrogen-bond acceptors (Lipinski definition) is 5. The molecule has 5 nitrogen and oxygen atoms in total. The molecule has 5 aromatic rings. The van der Waals surface area contributed by atoms with Crippen LogP contribution >= 0.6 is 11.8 Å². The molecule has 0 fully saturated rings. The summed E-state index contributed by atoms with van der Waals surface area (Å²) < 4.78 is 16.7. The molecule has 0 radical (unpaired) electrons. The van der Waals surface area contributed by atoms with Crippen LogP contribution in [0.15, 0.2) is 107 Å². The van der Waals surface area contributed by atoms with Crippen molar-refractivity contribution in [2.45, 2.75) is 9.79 Å². The second kappa shape index (κ2) is 10.6. The largest absolute Gasteiger partial charge is 0.496 e. The molecule has 180 valence electrons. The van der Waals surface area contributed by atoms with Gasteiger partial charge >= 0.3 is 0 Å². The first-order chi connectivity index (χ1) is 17.7. The number of nitrogens with zero attached hydrogens (tertiary/aromatic N) is 1. The predicted octanol–water partition coefficient (Wildman–Crippen LogP) is 7.59. The lowest BCUT2D eigenvalue weighted by atomic mass is 10.1. The molecule has 1 heterocycles. The first kappa shape index (κ1) is 23.6. The monoisotopic (exact) mass is 494 g/mol. The van der Waals surface area contributed by atoms with Crippen molar-refractivity contribution in [3.05, 3.63) is 97.1 Å². The fraction of sp³-hybridized carbons (Fsp3) is 0.100. The lowest BCUT2D eigenvalue weighted by Gasteiger charge is -2.12. The van der Waals surface area contributed by atoms with Gasteiger partial charge in [0.2, 0.25) is 0 Å². The van der Waals surface area contributed by atoms with Crippen LogP contribution in [0.2, 0.25) is 0 Å². The predicted molar refractivity (Wildman–Crippen MR) is 145 cm³/mol. The van der Waals surface area contributed by atoms with Crippen LogP contribution in [-0.2, 0) is 0 Å². The highest BCUT2D eigenvalue weighted by molar-refractivity contribution is 7.99. The van der Waals surface area contributed by atoms with Crippen molar-refractivity contribution < 1.29 is 14.2 Å². The minimum Gasteiger partial charge on any atom is -0.496 e. The van der Waals surface area contributed by atoms with Crippen LogP contribution in [0.25, 0.3) is 33.9 Å². The highest BCUT2D eigenvalue weighted by atomic mass is 32.2. The van der Waals surface area contributed by atoms with Gasteiger partial charge in [0, 0.05) is 27.0 Å². The number of H-pyrrole nitrogens is 1. The van der Waals surface area contributed by atoms with Gasteiger partial charge in [-0.05, 0) is 30.3 Å². The Morgan fingerprint density at radius 1 is 0.611 bits per heavy atom. The topological polar surface area (TPSA) is 56.4 Å². The number of rotatable bonds is 8. The van der Waals surface area contributed by atoms with E-state index in [9.17, 15) is 0 Å². The van der Waals surface area contributed by atoms with E-state index in [2.05, 4.69) is 65.6 Å². The van der Waals surface area contributed by atoms with Crippen LogP contribution < -0.4 is 14.2 Å². The third-order valence-electron chi connectivity index (χ3n) is 5.83. The molecular weight excluding hydrogens is 468 g/mol. The molecule has 4 aromatic carbocycles. The third-order valence-corrected chi connectivity index (χ3v) is 6.85. The molecule has 0 saturated heterocycles. The van der Waals surface area contributed by atoms with Crippen LogP contribution in [-0.4, -0.2) is 31.3 Å². The first-order valence-electron chi connectivity index (χ1n) is 11.5. The fourth-order valence-corrected chi connectivity index (χ4v) is 4.88. The molecule has 0 aliphatic heterocycles. The van der Waals surface area contributed by atoms with Gasteiger partial charge in [0.05, 0.1) is 38.3 Å². The molecule has 0 saturated carbocycles. The Bertz CT molecular complexity index is 1450. The van der Waals surface area contributed by atoms with Gasteiger partial charge in [-0.2, -0.15) is 0 Å². The van der Waals surface area contributed by atoms with Crippen LogP contribution in [0.3, 0.4) is 0 Å². The van der Waals surface area contributed by atoms with Gasteiger partial charge in [0.1, 0.15) is 11.6 Å². The molecule has 6 heteroatoms. The second-order valence-electron chi connectivity index (χ2n) is 8.02. The quantitative estimate of drug-likeness (QED) is 0.241. The SMILES string of the molecule is COc1cc(OC)c(-c2nc(-c3ccccc3)c(-c3ccc(Sc4ccccc4)cc3)[nH]2)cc1OC. The molecule has 1 N–H and O–H groups in total. The van der Waals surface area contributed by atoms with E-state index in [1.165, 1.54) is 9.79 Å². The van der Waals surface area contributed by atoms with E-state index >= 15 is 0 Å². The zero-order chi connectivity index (χ0) is 24.9. The number of nitrogens with one attached hydrogen (secondary N) is 1. The lowest BCUT2D eigenvalue weighted by molar-refractivity contribution is 0.349. The highest BCUT2D eigenvalue weighted by Crippen LogP contribution is 2.41. The van der Waals surface area contributed by atoms with Gasteiger partial charge in [-0.25, -0.2) is 4.98 Å². The summed E-state index contributed by atoms with van der Waals surface area (Å²) >= 11 is 1.74. The summed E-state index contributed by atoms with van der Waals surface area (Å²) in [5, 5.41) is 0. The minimum atomic E-state index is 0.597. The molecule has 0 aliphatic carbocycles. The maximum absolute atomic E-state index is 5.68. The summed E-state index contributed by atoms with van der Waals surface area (Å²) in [5.74, 6) is 2.53. The van der Waals surface area contributed by atoms with E-state index in [1.807, 2.05) is 36.4 Å². The van der Waals surface area contributed by atoms with Crippen LogP contribution in [0.4, 0.5) is 0 Å². The van der Waals surface area contributed by atoms with Crippen molar-refractivity contribution in [1.82, 2.24) is 9.97 Å². The van der Waals surface area contributed by atoms with E-state index in [1.54, 1.807) is 33.1 Å². The Balaban J connectivity index is 1.59. The molecule has 0 unspecified atom stereocenters. The number of methoxy groups -OCH3 is 3. The van der Waals surface area contributed by atoms with Crippen molar-refractivity contribution >= 4 is 11.8 Å². The average molecular weight is 495 g/mol. The van der Waals surface area contributed by atoms with Gasteiger partial charge in [-0.3, -0.25) is 0 Å². The van der Waals surface area contributed by atoms with E-state index in [0.717, 1.165) is 28.1 Å². The van der Waals surface area contributed by atoms with Crippen LogP contribution in [0.1, 0.15) is 0 Å². The number of hydrogen-bond donors (Lipinski definition) is 1. The summed E-state index contributed by atoms with van der Waals surface area (Å²) in [4.78, 5) is 11.0. The van der Waals surface area contributed by atoms with Gasteiger partial charge in [0.25, 0.3) is 0 Å². The van der Waals surface area contributed by atoms with Gasteiger partial charge in [0.15, 0.2) is 11.5 Å². The van der Waals surface area contributed by atoms with Crippen LogP contribution in [0, 0.1) is 0 Å². The molecular formula is C30H26N2O3S. The maximum Gasteiger partial charge on any atom is 0.164 e. The molecule has 0 aliphatic rings. The van der Waals surface area contributed by atoms with Crippen molar-refractivity contribution in [1.29, 1.82) is 0 Å². The smallest absolute Gasteiger partial charge is 0.164 e. The minimum absolute atomic E-state index is 0.597. The summed E-state index contributed by atoms with van der Waals surface area (Å²) in [6, 6.07) is 32.8. The zero-order valence-corrected chi connectivity index (χ0v) is 21.1. The lowest BCUT2D eigenvalue weighted by Crippen LogP contribution is -1.95. The Morgan fingerprint density at radius 2 is 1.19 bits per heavy atom. The van der Waals surface area contributed by atoms with Gasteiger partial charge in [-0.1, -0.05) is 72.4 Å². The zero-order valence-electron chi connectivity index (χ0n) is 20.3. The Labute approximate surface area is 215 Å². The summed E-state index contributed by atoms with van der Waals surface area (Å²) in [7, 11) is 4.86.